The van der Waals surface area contributed by atoms with Crippen LogP contribution in [-0.4, -0.2) is 39.9 Å². The summed E-state index contributed by atoms with van der Waals surface area (Å²) in [5, 5.41) is 9.66. The van der Waals surface area contributed by atoms with Gasteiger partial charge in [-0.15, -0.1) is 0 Å². The molecular weight excluding hydrogens is 321 g/mol. The monoisotopic (exact) mass is 344 g/mol. The first-order valence-electron chi connectivity index (χ1n) is 8.57. The zero-order chi connectivity index (χ0) is 17.2. The van der Waals surface area contributed by atoms with Gasteiger partial charge in [0.05, 0.1) is 18.2 Å². The zero-order valence-corrected chi connectivity index (χ0v) is 13.5. The number of urea groups is 1. The molecule has 5 nitrogen and oxygen atoms in total. The van der Waals surface area contributed by atoms with Gasteiger partial charge in [0, 0.05) is 24.3 Å². The summed E-state index contributed by atoms with van der Waals surface area (Å²) in [4.78, 5) is 14.4. The van der Waals surface area contributed by atoms with Crippen LogP contribution in [0.3, 0.4) is 0 Å². The number of H-pyrrole nitrogens is 1. The highest BCUT2D eigenvalue weighted by molar-refractivity contribution is 5.75. The van der Waals surface area contributed by atoms with Crippen LogP contribution < -0.4 is 5.32 Å². The Labute approximate surface area is 139 Å². The third-order valence-corrected chi connectivity index (χ3v) is 5.19. The number of amides is 2. The number of nitrogens with one attached hydrogen (secondary N) is 2. The summed E-state index contributed by atoms with van der Waals surface area (Å²) in [6.07, 6.45) is 3.26. The van der Waals surface area contributed by atoms with Crippen molar-refractivity contribution in [1.29, 1.82) is 0 Å². The molecule has 2 fully saturated rings. The van der Waals surface area contributed by atoms with E-state index >= 15 is 0 Å². The number of halogens is 3. The largest absolute Gasteiger partial charge is 0.391 e. The normalized spacial score (nSPS) is 28.6. The van der Waals surface area contributed by atoms with E-state index < -0.39 is 12.1 Å². The van der Waals surface area contributed by atoms with E-state index in [-0.39, 0.29) is 31.0 Å². The molecule has 1 aromatic rings. The van der Waals surface area contributed by atoms with Crippen molar-refractivity contribution < 1.29 is 18.0 Å². The second kappa shape index (κ2) is 7.03. The molecule has 0 bridgehead atoms. The predicted molar refractivity (Wildman–Crippen MR) is 82.2 cm³/mol. The van der Waals surface area contributed by atoms with Crippen molar-refractivity contribution in [2.24, 2.45) is 5.92 Å². The van der Waals surface area contributed by atoms with Gasteiger partial charge in [0.2, 0.25) is 0 Å². The maximum Gasteiger partial charge on any atom is 0.391 e. The Morgan fingerprint density at radius 2 is 1.96 bits per heavy atom. The minimum atomic E-state index is -4.12. The first-order chi connectivity index (χ1) is 11.4. The first kappa shape index (κ1) is 17.1. The van der Waals surface area contributed by atoms with E-state index in [2.05, 4.69) is 15.5 Å². The lowest BCUT2D eigenvalue weighted by Crippen LogP contribution is -2.49. The molecule has 3 rings (SSSR count). The van der Waals surface area contributed by atoms with Gasteiger partial charge in [-0.25, -0.2) is 4.79 Å². The number of nitrogens with zero attached hydrogens (tertiary/aromatic N) is 2. The lowest BCUT2D eigenvalue weighted by Gasteiger charge is -2.37. The number of carbonyl (C=O) groups excluding carboxylic acids is 1. The van der Waals surface area contributed by atoms with E-state index in [1.54, 1.807) is 17.3 Å². The highest BCUT2D eigenvalue weighted by Gasteiger charge is 2.42. The standard InChI is InChI=1S/C16H23F3N4O/c17-16(18,19)12-4-6-13(7-5-12)22-15(24)23-8-2-1-3-14(23)11-9-20-21-10-11/h9-10,12-14H,1-8H2,(H,20,21)(H,22,24)/t12?,13?,14-/m0/s1. The number of hydrogen-bond donors (Lipinski definition) is 2. The summed E-state index contributed by atoms with van der Waals surface area (Å²) in [7, 11) is 0. The fraction of sp³-hybridized carbons (Fsp3) is 0.750. The highest BCUT2D eigenvalue weighted by atomic mass is 19.4. The predicted octanol–water partition coefficient (Wildman–Crippen LogP) is 3.77. The molecule has 2 N–H and O–H groups in total. The van der Waals surface area contributed by atoms with E-state index in [0.717, 1.165) is 24.8 Å². The molecule has 0 radical (unpaired) electrons. The number of alkyl halides is 3. The Kier molecular flexibility index (Phi) is 5.01. The Hall–Kier alpha value is -1.73. The van der Waals surface area contributed by atoms with Gasteiger partial charge in [-0.1, -0.05) is 0 Å². The molecular formula is C16H23F3N4O. The van der Waals surface area contributed by atoms with Gasteiger partial charge in [-0.2, -0.15) is 18.3 Å². The van der Waals surface area contributed by atoms with Gasteiger partial charge < -0.3 is 10.2 Å². The van der Waals surface area contributed by atoms with Crippen LogP contribution in [-0.2, 0) is 0 Å². The molecule has 2 heterocycles. The van der Waals surface area contributed by atoms with Crippen molar-refractivity contribution in [1.82, 2.24) is 20.4 Å². The fourth-order valence-electron chi connectivity index (χ4n) is 3.79. The topological polar surface area (TPSA) is 61.0 Å². The van der Waals surface area contributed by atoms with Crippen LogP contribution in [0.4, 0.5) is 18.0 Å². The second-order valence-corrected chi connectivity index (χ2v) is 6.78. The number of aromatic amines is 1. The summed E-state index contributed by atoms with van der Waals surface area (Å²) in [6, 6.07) is -0.344. The van der Waals surface area contributed by atoms with Crippen molar-refractivity contribution in [3.63, 3.8) is 0 Å². The van der Waals surface area contributed by atoms with E-state index in [4.69, 9.17) is 0 Å². The fourth-order valence-corrected chi connectivity index (χ4v) is 3.79. The average Bonchev–Trinajstić information content (AvgIpc) is 3.09. The van der Waals surface area contributed by atoms with Crippen LogP contribution in [0.25, 0.3) is 0 Å². The molecule has 1 aliphatic heterocycles. The Bertz CT molecular complexity index is 538. The number of aromatic nitrogens is 2. The molecule has 2 aliphatic rings. The number of likely N-dealkylation sites (tertiary alicyclic amines) is 1. The van der Waals surface area contributed by atoms with Crippen molar-refractivity contribution in [2.45, 2.75) is 63.2 Å². The third-order valence-electron chi connectivity index (χ3n) is 5.19. The maximum atomic E-state index is 12.7. The molecule has 0 spiro atoms. The van der Waals surface area contributed by atoms with Gasteiger partial charge in [-0.3, -0.25) is 5.10 Å². The molecule has 0 aromatic carbocycles. The summed E-state index contributed by atoms with van der Waals surface area (Å²) in [6.45, 7) is 0.666. The van der Waals surface area contributed by atoms with E-state index in [0.29, 0.717) is 19.4 Å². The smallest absolute Gasteiger partial charge is 0.335 e. The number of rotatable bonds is 2. The van der Waals surface area contributed by atoms with Crippen molar-refractivity contribution in [3.05, 3.63) is 18.0 Å². The highest BCUT2D eigenvalue weighted by Crippen LogP contribution is 2.37. The van der Waals surface area contributed by atoms with Gasteiger partial charge in [-0.05, 0) is 44.9 Å². The molecule has 0 unspecified atom stereocenters. The molecule has 1 saturated heterocycles. The number of hydrogen-bond acceptors (Lipinski definition) is 2. The van der Waals surface area contributed by atoms with Crippen LogP contribution in [0.1, 0.15) is 56.6 Å². The minimum Gasteiger partial charge on any atom is -0.335 e. The second-order valence-electron chi connectivity index (χ2n) is 6.78. The lowest BCUT2D eigenvalue weighted by atomic mass is 9.85. The quantitative estimate of drug-likeness (QED) is 0.858. The molecule has 2 amide bonds. The van der Waals surface area contributed by atoms with Gasteiger partial charge in [0.15, 0.2) is 0 Å². The molecule has 1 aromatic heterocycles. The average molecular weight is 344 g/mol. The zero-order valence-electron chi connectivity index (χ0n) is 13.5. The Balaban J connectivity index is 1.56. The SMILES string of the molecule is O=C(NC1CCC(C(F)(F)F)CC1)N1CCCC[C@H]1c1cn[nH]c1. The molecule has 1 saturated carbocycles. The summed E-state index contributed by atoms with van der Waals surface area (Å²) in [5.41, 5.74) is 0.977. The molecule has 1 aliphatic carbocycles. The van der Waals surface area contributed by atoms with Gasteiger partial charge >= 0.3 is 12.2 Å². The van der Waals surface area contributed by atoms with Gasteiger partial charge in [0.1, 0.15) is 0 Å². The summed E-state index contributed by atoms with van der Waals surface area (Å²) in [5.74, 6) is -1.22. The minimum absolute atomic E-state index is 0.0102. The molecule has 134 valence electrons. The summed E-state index contributed by atoms with van der Waals surface area (Å²) >= 11 is 0. The van der Waals surface area contributed by atoms with Crippen LogP contribution >= 0.6 is 0 Å². The summed E-state index contributed by atoms with van der Waals surface area (Å²) < 4.78 is 38.2. The maximum absolute atomic E-state index is 12.7. The van der Waals surface area contributed by atoms with E-state index in [1.807, 2.05) is 0 Å². The lowest BCUT2D eigenvalue weighted by molar-refractivity contribution is -0.182. The Morgan fingerprint density at radius 1 is 1.21 bits per heavy atom. The molecule has 8 heteroatoms. The van der Waals surface area contributed by atoms with Gasteiger partial charge in [0.25, 0.3) is 0 Å². The molecule has 1 atom stereocenters. The number of carbonyl (C=O) groups is 1. The van der Waals surface area contributed by atoms with Crippen molar-refractivity contribution in [2.75, 3.05) is 6.54 Å². The van der Waals surface area contributed by atoms with Crippen molar-refractivity contribution in [3.8, 4) is 0 Å². The Morgan fingerprint density at radius 3 is 2.58 bits per heavy atom. The third kappa shape index (κ3) is 3.84. The van der Waals surface area contributed by atoms with Crippen molar-refractivity contribution >= 4 is 6.03 Å². The van der Waals surface area contributed by atoms with Crippen LogP contribution in [0.2, 0.25) is 0 Å². The van der Waals surface area contributed by atoms with E-state index in [1.165, 1.54) is 0 Å². The number of piperidine rings is 1. The molecule has 24 heavy (non-hydrogen) atoms. The van der Waals surface area contributed by atoms with Crippen LogP contribution in [0.15, 0.2) is 12.4 Å². The van der Waals surface area contributed by atoms with E-state index in [9.17, 15) is 18.0 Å². The van der Waals surface area contributed by atoms with Crippen LogP contribution in [0, 0.1) is 5.92 Å². The first-order valence-corrected chi connectivity index (χ1v) is 8.57. The van der Waals surface area contributed by atoms with Crippen LogP contribution in [0.5, 0.6) is 0 Å².